The fraction of sp³-hybridized carbons (Fsp3) is 0.583. The van der Waals surface area contributed by atoms with Crippen molar-refractivity contribution in [2.24, 2.45) is 11.1 Å². The molecule has 1 saturated heterocycles. The third-order valence-electron chi connectivity index (χ3n) is 3.50. The van der Waals surface area contributed by atoms with Crippen molar-refractivity contribution in [1.29, 1.82) is 0 Å². The maximum atomic E-state index is 6.13. The molecule has 1 aliphatic rings. The van der Waals surface area contributed by atoms with Crippen LogP contribution in [0.5, 0.6) is 0 Å². The SMILES string of the molecule is CC1(CN)CCN(c2ncccc2Cl)CC1. The maximum absolute atomic E-state index is 6.13. The Kier molecular flexibility index (Phi) is 3.36. The molecule has 2 heterocycles. The van der Waals surface area contributed by atoms with Crippen LogP contribution in [0, 0.1) is 5.41 Å². The lowest BCUT2D eigenvalue weighted by Crippen LogP contribution is -2.42. The number of nitrogens with two attached hydrogens (primary N) is 1. The molecule has 88 valence electrons. The molecule has 4 heteroatoms. The smallest absolute Gasteiger partial charge is 0.147 e. The van der Waals surface area contributed by atoms with Crippen LogP contribution >= 0.6 is 11.6 Å². The molecule has 1 aromatic heterocycles. The van der Waals surface area contributed by atoms with Gasteiger partial charge in [-0.3, -0.25) is 0 Å². The van der Waals surface area contributed by atoms with E-state index in [0.717, 1.165) is 43.3 Å². The van der Waals surface area contributed by atoms with Crippen molar-refractivity contribution in [3.05, 3.63) is 23.4 Å². The predicted octanol–water partition coefficient (Wildman–Crippen LogP) is 2.30. The average molecular weight is 240 g/mol. The number of aromatic nitrogens is 1. The van der Waals surface area contributed by atoms with Gasteiger partial charge in [-0.25, -0.2) is 4.98 Å². The summed E-state index contributed by atoms with van der Waals surface area (Å²) in [4.78, 5) is 6.59. The lowest BCUT2D eigenvalue weighted by atomic mass is 9.80. The van der Waals surface area contributed by atoms with E-state index in [-0.39, 0.29) is 5.41 Å². The molecule has 1 fully saturated rings. The predicted molar refractivity (Wildman–Crippen MR) is 67.9 cm³/mol. The summed E-state index contributed by atoms with van der Waals surface area (Å²) in [6, 6.07) is 3.75. The van der Waals surface area contributed by atoms with Crippen LogP contribution in [-0.2, 0) is 0 Å². The molecule has 0 radical (unpaired) electrons. The average Bonchev–Trinajstić information content (AvgIpc) is 2.31. The van der Waals surface area contributed by atoms with Crippen molar-refractivity contribution >= 4 is 17.4 Å². The monoisotopic (exact) mass is 239 g/mol. The van der Waals surface area contributed by atoms with E-state index in [9.17, 15) is 0 Å². The van der Waals surface area contributed by atoms with Crippen LogP contribution in [0.15, 0.2) is 18.3 Å². The van der Waals surface area contributed by atoms with Crippen LogP contribution in [0.4, 0.5) is 5.82 Å². The van der Waals surface area contributed by atoms with Gasteiger partial charge in [0.25, 0.3) is 0 Å². The molecule has 1 aromatic rings. The number of nitrogens with zero attached hydrogens (tertiary/aromatic N) is 2. The Hall–Kier alpha value is -0.800. The van der Waals surface area contributed by atoms with E-state index in [0.29, 0.717) is 0 Å². The van der Waals surface area contributed by atoms with Crippen molar-refractivity contribution in [3.63, 3.8) is 0 Å². The lowest BCUT2D eigenvalue weighted by Gasteiger charge is -2.39. The van der Waals surface area contributed by atoms with Gasteiger partial charge in [0.1, 0.15) is 5.82 Å². The molecule has 0 aromatic carbocycles. The van der Waals surface area contributed by atoms with E-state index in [1.54, 1.807) is 6.20 Å². The second-order valence-corrected chi connectivity index (χ2v) is 5.22. The highest BCUT2D eigenvalue weighted by Crippen LogP contribution is 2.33. The second-order valence-electron chi connectivity index (χ2n) is 4.81. The molecule has 0 unspecified atom stereocenters. The third-order valence-corrected chi connectivity index (χ3v) is 3.80. The van der Waals surface area contributed by atoms with Crippen LogP contribution in [0.1, 0.15) is 19.8 Å². The Morgan fingerprint density at radius 1 is 1.50 bits per heavy atom. The number of hydrogen-bond acceptors (Lipinski definition) is 3. The van der Waals surface area contributed by atoms with Gasteiger partial charge in [0.15, 0.2) is 0 Å². The zero-order chi connectivity index (χ0) is 11.6. The topological polar surface area (TPSA) is 42.1 Å². The molecule has 0 atom stereocenters. The first-order valence-electron chi connectivity index (χ1n) is 5.70. The van der Waals surface area contributed by atoms with Gasteiger partial charge in [-0.15, -0.1) is 0 Å². The third kappa shape index (κ3) is 2.30. The van der Waals surface area contributed by atoms with Gasteiger partial charge in [-0.2, -0.15) is 0 Å². The fourth-order valence-electron chi connectivity index (χ4n) is 2.07. The first kappa shape index (κ1) is 11.7. The van der Waals surface area contributed by atoms with Crippen LogP contribution in [0.2, 0.25) is 5.02 Å². The second kappa shape index (κ2) is 4.60. The molecule has 0 saturated carbocycles. The first-order valence-corrected chi connectivity index (χ1v) is 6.08. The molecule has 1 aliphatic heterocycles. The number of anilines is 1. The highest BCUT2D eigenvalue weighted by atomic mass is 35.5. The highest BCUT2D eigenvalue weighted by molar-refractivity contribution is 6.32. The Balaban J connectivity index is 2.07. The molecular formula is C12H18ClN3. The van der Waals surface area contributed by atoms with Crippen molar-refractivity contribution in [2.45, 2.75) is 19.8 Å². The zero-order valence-electron chi connectivity index (χ0n) is 9.62. The van der Waals surface area contributed by atoms with Gasteiger partial charge in [0.2, 0.25) is 0 Å². The van der Waals surface area contributed by atoms with Gasteiger partial charge in [0, 0.05) is 19.3 Å². The zero-order valence-corrected chi connectivity index (χ0v) is 10.4. The van der Waals surface area contributed by atoms with Gasteiger partial charge >= 0.3 is 0 Å². The maximum Gasteiger partial charge on any atom is 0.147 e. The molecule has 2 N–H and O–H groups in total. The number of rotatable bonds is 2. The number of halogens is 1. The summed E-state index contributed by atoms with van der Waals surface area (Å²) in [5.74, 6) is 0.906. The standard InChI is InChI=1S/C12H18ClN3/c1-12(9-14)4-7-16(8-5-12)11-10(13)3-2-6-15-11/h2-3,6H,4-5,7-9,14H2,1H3. The van der Waals surface area contributed by atoms with Crippen molar-refractivity contribution < 1.29 is 0 Å². The Bertz CT molecular complexity index is 359. The van der Waals surface area contributed by atoms with E-state index < -0.39 is 0 Å². The number of pyridine rings is 1. The van der Waals surface area contributed by atoms with Crippen LogP contribution in [-0.4, -0.2) is 24.6 Å². The minimum Gasteiger partial charge on any atom is -0.355 e. The molecular weight excluding hydrogens is 222 g/mol. The van der Waals surface area contributed by atoms with Gasteiger partial charge in [-0.05, 0) is 36.9 Å². The molecule has 3 nitrogen and oxygen atoms in total. The summed E-state index contributed by atoms with van der Waals surface area (Å²) in [7, 11) is 0. The summed E-state index contributed by atoms with van der Waals surface area (Å²) in [6.45, 7) is 5.00. The minimum atomic E-state index is 0.289. The number of hydrogen-bond donors (Lipinski definition) is 1. The summed E-state index contributed by atoms with van der Waals surface area (Å²) in [5, 5.41) is 0.735. The Morgan fingerprint density at radius 3 is 2.75 bits per heavy atom. The molecule has 0 amide bonds. The van der Waals surface area contributed by atoms with E-state index in [2.05, 4.69) is 16.8 Å². The summed E-state index contributed by atoms with van der Waals surface area (Å²) < 4.78 is 0. The normalized spacial score (nSPS) is 19.8. The molecule has 2 rings (SSSR count). The summed E-state index contributed by atoms with van der Waals surface area (Å²) >= 11 is 6.13. The quantitative estimate of drug-likeness (QED) is 0.861. The summed E-state index contributed by atoms with van der Waals surface area (Å²) in [6.07, 6.45) is 4.00. The van der Waals surface area contributed by atoms with E-state index >= 15 is 0 Å². The molecule has 16 heavy (non-hydrogen) atoms. The van der Waals surface area contributed by atoms with Gasteiger partial charge < -0.3 is 10.6 Å². The number of piperidine rings is 1. The molecule has 0 aliphatic carbocycles. The Labute approximate surface area is 102 Å². The van der Waals surface area contributed by atoms with Crippen molar-refractivity contribution in [2.75, 3.05) is 24.5 Å². The summed E-state index contributed by atoms with van der Waals surface area (Å²) in [5.41, 5.74) is 6.08. The van der Waals surface area contributed by atoms with Crippen LogP contribution < -0.4 is 10.6 Å². The van der Waals surface area contributed by atoms with E-state index in [1.165, 1.54) is 0 Å². The minimum absolute atomic E-state index is 0.289. The van der Waals surface area contributed by atoms with Crippen LogP contribution in [0.25, 0.3) is 0 Å². The van der Waals surface area contributed by atoms with Gasteiger partial charge in [0.05, 0.1) is 5.02 Å². The lowest BCUT2D eigenvalue weighted by molar-refractivity contribution is 0.258. The van der Waals surface area contributed by atoms with Crippen LogP contribution in [0.3, 0.4) is 0 Å². The fourth-order valence-corrected chi connectivity index (χ4v) is 2.31. The van der Waals surface area contributed by atoms with E-state index in [4.69, 9.17) is 17.3 Å². The van der Waals surface area contributed by atoms with Crippen molar-refractivity contribution in [3.8, 4) is 0 Å². The van der Waals surface area contributed by atoms with Crippen molar-refractivity contribution in [1.82, 2.24) is 4.98 Å². The Morgan fingerprint density at radius 2 is 2.19 bits per heavy atom. The van der Waals surface area contributed by atoms with Gasteiger partial charge in [-0.1, -0.05) is 18.5 Å². The molecule has 0 spiro atoms. The molecule has 0 bridgehead atoms. The first-order chi connectivity index (χ1) is 7.64. The largest absolute Gasteiger partial charge is 0.355 e. The van der Waals surface area contributed by atoms with E-state index in [1.807, 2.05) is 12.1 Å². The highest BCUT2D eigenvalue weighted by Gasteiger charge is 2.29.